The molecule has 2 aromatic carbocycles. The van der Waals surface area contributed by atoms with E-state index in [-0.39, 0.29) is 5.97 Å². The number of carbonyl (C=O) groups excluding carboxylic acids is 1. The van der Waals surface area contributed by atoms with Crippen LogP contribution in [0.4, 0.5) is 0 Å². The van der Waals surface area contributed by atoms with E-state index in [0.717, 1.165) is 39.5 Å². The van der Waals surface area contributed by atoms with Gasteiger partial charge in [-0.15, -0.1) is 0 Å². The van der Waals surface area contributed by atoms with Crippen molar-refractivity contribution in [2.24, 2.45) is 0 Å². The molecule has 0 bridgehead atoms. The van der Waals surface area contributed by atoms with Crippen LogP contribution in [0, 0.1) is 20.8 Å². The first-order valence-corrected chi connectivity index (χ1v) is 10.4. The summed E-state index contributed by atoms with van der Waals surface area (Å²) in [7, 11) is 1.38. The molecule has 0 spiro atoms. The van der Waals surface area contributed by atoms with Gasteiger partial charge in [-0.25, -0.2) is 9.78 Å². The van der Waals surface area contributed by atoms with Crippen molar-refractivity contribution in [3.63, 3.8) is 0 Å². The monoisotopic (exact) mass is 423 g/mol. The molecule has 0 N–H and O–H groups in total. The van der Waals surface area contributed by atoms with Crippen LogP contribution in [0.3, 0.4) is 0 Å². The Hall–Kier alpha value is -3.12. The summed E-state index contributed by atoms with van der Waals surface area (Å²) in [6.45, 7) is 8.51. The SMILES string of the molecule is CCO[C@@H](Cc1c(C)cc(OCc2nc(-c3ccccc3)oc2C)cc1C)C(=O)OC. The molecule has 0 saturated heterocycles. The van der Waals surface area contributed by atoms with Crippen LogP contribution in [0.5, 0.6) is 5.75 Å². The van der Waals surface area contributed by atoms with E-state index in [0.29, 0.717) is 25.5 Å². The second kappa shape index (κ2) is 10.3. The van der Waals surface area contributed by atoms with Crippen molar-refractivity contribution >= 4 is 5.97 Å². The number of oxazole rings is 1. The van der Waals surface area contributed by atoms with E-state index in [1.54, 1.807) is 0 Å². The molecular weight excluding hydrogens is 394 g/mol. The average molecular weight is 424 g/mol. The molecule has 6 nitrogen and oxygen atoms in total. The number of aryl methyl sites for hydroxylation is 3. The normalized spacial score (nSPS) is 11.9. The first-order chi connectivity index (χ1) is 14.9. The van der Waals surface area contributed by atoms with Gasteiger partial charge in [0.15, 0.2) is 6.10 Å². The number of nitrogens with zero attached hydrogens (tertiary/aromatic N) is 1. The molecule has 1 aromatic heterocycles. The molecule has 0 aliphatic heterocycles. The number of ether oxygens (including phenoxy) is 3. The second-order valence-corrected chi connectivity index (χ2v) is 7.38. The van der Waals surface area contributed by atoms with Crippen molar-refractivity contribution in [2.75, 3.05) is 13.7 Å². The van der Waals surface area contributed by atoms with E-state index >= 15 is 0 Å². The van der Waals surface area contributed by atoms with Crippen LogP contribution in [0.15, 0.2) is 46.9 Å². The van der Waals surface area contributed by atoms with E-state index < -0.39 is 6.10 Å². The summed E-state index contributed by atoms with van der Waals surface area (Å²) in [5.74, 6) is 1.70. The van der Waals surface area contributed by atoms with Gasteiger partial charge in [0.2, 0.25) is 5.89 Å². The van der Waals surface area contributed by atoms with Crippen LogP contribution in [0.25, 0.3) is 11.5 Å². The van der Waals surface area contributed by atoms with Gasteiger partial charge < -0.3 is 18.6 Å². The predicted octanol–water partition coefficient (Wildman–Crippen LogP) is 4.97. The Morgan fingerprint density at radius 2 is 1.77 bits per heavy atom. The summed E-state index contributed by atoms with van der Waals surface area (Å²) in [6, 6.07) is 13.7. The Kier molecular flexibility index (Phi) is 7.47. The molecule has 0 aliphatic carbocycles. The molecule has 0 radical (unpaired) electrons. The fourth-order valence-electron chi connectivity index (χ4n) is 3.51. The van der Waals surface area contributed by atoms with Crippen molar-refractivity contribution in [3.05, 3.63) is 70.6 Å². The molecule has 1 heterocycles. The molecule has 6 heteroatoms. The fraction of sp³-hybridized carbons (Fsp3) is 0.360. The van der Waals surface area contributed by atoms with Gasteiger partial charge in [-0.3, -0.25) is 0 Å². The predicted molar refractivity (Wildman–Crippen MR) is 118 cm³/mol. The third-order valence-corrected chi connectivity index (χ3v) is 5.18. The molecule has 1 atom stereocenters. The maximum absolute atomic E-state index is 12.0. The summed E-state index contributed by atoms with van der Waals surface area (Å²) in [4.78, 5) is 16.6. The van der Waals surface area contributed by atoms with Gasteiger partial charge in [0.1, 0.15) is 23.8 Å². The number of aromatic nitrogens is 1. The molecule has 0 unspecified atom stereocenters. The zero-order valence-corrected chi connectivity index (χ0v) is 18.7. The van der Waals surface area contributed by atoms with Gasteiger partial charge in [-0.1, -0.05) is 18.2 Å². The Morgan fingerprint density at radius 3 is 2.39 bits per heavy atom. The van der Waals surface area contributed by atoms with E-state index in [9.17, 15) is 4.79 Å². The number of esters is 1. The molecule has 164 valence electrons. The first kappa shape index (κ1) is 22.6. The van der Waals surface area contributed by atoms with Gasteiger partial charge in [-0.05, 0) is 68.7 Å². The van der Waals surface area contributed by atoms with E-state index in [1.165, 1.54) is 7.11 Å². The lowest BCUT2D eigenvalue weighted by Crippen LogP contribution is -2.28. The lowest BCUT2D eigenvalue weighted by atomic mass is 9.97. The highest BCUT2D eigenvalue weighted by Crippen LogP contribution is 2.26. The Balaban J connectivity index is 1.72. The van der Waals surface area contributed by atoms with Crippen LogP contribution in [-0.2, 0) is 27.3 Å². The largest absolute Gasteiger partial charge is 0.487 e. The zero-order chi connectivity index (χ0) is 22.4. The van der Waals surface area contributed by atoms with Crippen LogP contribution >= 0.6 is 0 Å². The highest BCUT2D eigenvalue weighted by Gasteiger charge is 2.22. The lowest BCUT2D eigenvalue weighted by molar-refractivity contribution is -0.153. The van der Waals surface area contributed by atoms with Gasteiger partial charge in [-0.2, -0.15) is 0 Å². The van der Waals surface area contributed by atoms with Gasteiger partial charge in [0.05, 0.1) is 7.11 Å². The van der Waals surface area contributed by atoms with Gasteiger partial charge in [0.25, 0.3) is 0 Å². The van der Waals surface area contributed by atoms with E-state index in [4.69, 9.17) is 18.6 Å². The fourth-order valence-corrected chi connectivity index (χ4v) is 3.51. The van der Waals surface area contributed by atoms with Crippen molar-refractivity contribution in [1.82, 2.24) is 4.98 Å². The first-order valence-electron chi connectivity index (χ1n) is 10.4. The minimum atomic E-state index is -0.617. The molecule has 3 rings (SSSR count). The average Bonchev–Trinajstić information content (AvgIpc) is 3.14. The number of rotatable bonds is 9. The maximum Gasteiger partial charge on any atom is 0.335 e. The number of hydrogen-bond acceptors (Lipinski definition) is 6. The number of hydrogen-bond donors (Lipinski definition) is 0. The minimum Gasteiger partial charge on any atom is -0.487 e. The highest BCUT2D eigenvalue weighted by molar-refractivity contribution is 5.75. The number of carbonyl (C=O) groups is 1. The molecule has 0 amide bonds. The summed E-state index contributed by atoms with van der Waals surface area (Å²) < 4.78 is 22.3. The number of methoxy groups -OCH3 is 1. The van der Waals surface area contributed by atoms with E-state index in [2.05, 4.69) is 4.98 Å². The molecule has 0 saturated carbocycles. The van der Waals surface area contributed by atoms with Crippen molar-refractivity contribution in [3.8, 4) is 17.2 Å². The Bertz CT molecular complexity index is 1000. The smallest absolute Gasteiger partial charge is 0.335 e. The summed E-state index contributed by atoms with van der Waals surface area (Å²) in [5, 5.41) is 0. The Morgan fingerprint density at radius 1 is 1.10 bits per heavy atom. The zero-order valence-electron chi connectivity index (χ0n) is 18.7. The molecule has 0 fully saturated rings. The minimum absolute atomic E-state index is 0.310. The third-order valence-electron chi connectivity index (χ3n) is 5.18. The second-order valence-electron chi connectivity index (χ2n) is 7.38. The summed E-state index contributed by atoms with van der Waals surface area (Å²) >= 11 is 0. The molecule has 31 heavy (non-hydrogen) atoms. The van der Waals surface area contributed by atoms with Crippen LogP contribution in [0.2, 0.25) is 0 Å². The molecular formula is C25H29NO5. The third kappa shape index (κ3) is 5.52. The van der Waals surface area contributed by atoms with Crippen molar-refractivity contribution < 1.29 is 23.4 Å². The van der Waals surface area contributed by atoms with Crippen LogP contribution < -0.4 is 4.74 Å². The maximum atomic E-state index is 12.0. The van der Waals surface area contributed by atoms with Gasteiger partial charge in [0, 0.05) is 18.6 Å². The van der Waals surface area contributed by atoms with Gasteiger partial charge >= 0.3 is 5.97 Å². The molecule has 0 aliphatic rings. The van der Waals surface area contributed by atoms with Crippen LogP contribution in [0.1, 0.15) is 35.1 Å². The summed E-state index contributed by atoms with van der Waals surface area (Å²) in [5.41, 5.74) is 4.82. The van der Waals surface area contributed by atoms with Crippen molar-refractivity contribution in [2.45, 2.75) is 46.8 Å². The topological polar surface area (TPSA) is 70.8 Å². The summed E-state index contributed by atoms with van der Waals surface area (Å²) in [6.07, 6.45) is -0.158. The van der Waals surface area contributed by atoms with Crippen LogP contribution in [-0.4, -0.2) is 30.8 Å². The quantitative estimate of drug-likeness (QED) is 0.453. The Labute approximate surface area is 183 Å². The lowest BCUT2D eigenvalue weighted by Gasteiger charge is -2.18. The highest BCUT2D eigenvalue weighted by atomic mass is 16.6. The molecule has 3 aromatic rings. The van der Waals surface area contributed by atoms with Crippen molar-refractivity contribution in [1.29, 1.82) is 0 Å². The van der Waals surface area contributed by atoms with E-state index in [1.807, 2.05) is 70.2 Å². The number of benzene rings is 2. The standard InChI is InChI=1S/C25H29NO5/c1-6-29-23(25(27)28-5)14-21-16(2)12-20(13-17(21)3)30-15-22-18(4)31-24(26-22)19-10-8-7-9-11-19/h7-13,23H,6,14-15H2,1-5H3/t23-/m0/s1.